The maximum Gasteiger partial charge on any atom is 0.328 e. The van der Waals surface area contributed by atoms with Gasteiger partial charge in [0.1, 0.15) is 6.04 Å². The Hall–Kier alpha value is -2.99. The molecule has 12 heteroatoms. The van der Waals surface area contributed by atoms with Gasteiger partial charge >= 0.3 is 5.69 Å². The van der Waals surface area contributed by atoms with Gasteiger partial charge in [-0.05, 0) is 19.8 Å². The number of rotatable bonds is 5. The average molecular weight is 451 g/mol. The highest BCUT2D eigenvalue weighted by Gasteiger charge is 2.50. The number of hydrogen-bond donors (Lipinski definition) is 4. The molecule has 32 heavy (non-hydrogen) atoms. The van der Waals surface area contributed by atoms with Crippen molar-refractivity contribution in [3.8, 4) is 0 Å². The monoisotopic (exact) mass is 451 g/mol. The number of aromatic nitrogens is 2. The van der Waals surface area contributed by atoms with Crippen molar-refractivity contribution in [1.29, 1.82) is 0 Å². The largest absolute Gasteiger partial charge is 0.388 e. The zero-order chi connectivity index (χ0) is 23.7. The summed E-state index contributed by atoms with van der Waals surface area (Å²) < 4.78 is 7.38. The molecule has 0 aromatic carbocycles. The Bertz CT molecular complexity index is 990. The van der Waals surface area contributed by atoms with E-state index in [2.05, 4.69) is 10.3 Å². The second-order valence-electron chi connectivity index (χ2n) is 8.81. The van der Waals surface area contributed by atoms with Gasteiger partial charge in [0.2, 0.25) is 17.7 Å². The number of nitrogens with zero attached hydrogens (tertiary/aromatic N) is 2. The van der Waals surface area contributed by atoms with Crippen LogP contribution in [0.15, 0.2) is 21.9 Å². The molecule has 2 aliphatic rings. The molecule has 176 valence electrons. The van der Waals surface area contributed by atoms with E-state index < -0.39 is 52.3 Å². The fraction of sp³-hybridized carbons (Fsp3) is 0.650. The predicted molar refractivity (Wildman–Crippen MR) is 112 cm³/mol. The van der Waals surface area contributed by atoms with Crippen LogP contribution < -0.4 is 22.3 Å². The Kier molecular flexibility index (Phi) is 6.56. The molecule has 3 rings (SSSR count). The van der Waals surface area contributed by atoms with Crippen LogP contribution >= 0.6 is 0 Å². The highest BCUT2D eigenvalue weighted by molar-refractivity contribution is 5.91. The van der Waals surface area contributed by atoms with Crippen molar-refractivity contribution in [1.82, 2.24) is 19.8 Å². The van der Waals surface area contributed by atoms with Crippen LogP contribution in [0.25, 0.3) is 0 Å². The fourth-order valence-electron chi connectivity index (χ4n) is 4.63. The van der Waals surface area contributed by atoms with E-state index in [4.69, 9.17) is 10.5 Å². The van der Waals surface area contributed by atoms with Crippen molar-refractivity contribution in [3.05, 3.63) is 33.1 Å². The second kappa shape index (κ2) is 8.87. The number of ether oxygens (including phenoxy) is 1. The Labute approximate surface area is 183 Å². The van der Waals surface area contributed by atoms with Gasteiger partial charge in [-0.1, -0.05) is 0 Å². The maximum atomic E-state index is 12.8. The zero-order valence-electron chi connectivity index (χ0n) is 18.1. The van der Waals surface area contributed by atoms with E-state index >= 15 is 0 Å². The van der Waals surface area contributed by atoms with Crippen LogP contribution in [0.2, 0.25) is 0 Å². The minimum Gasteiger partial charge on any atom is -0.388 e. The topological polar surface area (TPSA) is 177 Å². The van der Waals surface area contributed by atoms with Crippen LogP contribution in [0.5, 0.6) is 0 Å². The molecule has 5 N–H and O–H groups in total. The Balaban J connectivity index is 1.68. The van der Waals surface area contributed by atoms with E-state index in [-0.39, 0.29) is 19.4 Å². The molecule has 1 aromatic heterocycles. The van der Waals surface area contributed by atoms with E-state index in [0.717, 1.165) is 0 Å². The highest BCUT2D eigenvalue weighted by Crippen LogP contribution is 2.43. The van der Waals surface area contributed by atoms with Crippen molar-refractivity contribution >= 4 is 17.7 Å². The number of hydrogen-bond acceptors (Lipinski definition) is 7. The maximum absolute atomic E-state index is 12.8. The van der Waals surface area contributed by atoms with Crippen LogP contribution in [-0.4, -0.2) is 74.2 Å². The quantitative estimate of drug-likeness (QED) is 0.400. The minimum atomic E-state index is -1.29. The lowest BCUT2D eigenvalue weighted by atomic mass is 9.75. The van der Waals surface area contributed by atoms with Crippen molar-refractivity contribution in [2.24, 2.45) is 5.73 Å². The summed E-state index contributed by atoms with van der Waals surface area (Å²) in [5.41, 5.74) is 2.08. The number of primary amides is 1. The lowest BCUT2D eigenvalue weighted by molar-refractivity contribution is -0.198. The summed E-state index contributed by atoms with van der Waals surface area (Å²) in [6, 6.07) is -0.494. The first kappa shape index (κ1) is 23.7. The van der Waals surface area contributed by atoms with Crippen molar-refractivity contribution in [2.45, 2.75) is 62.8 Å². The highest BCUT2D eigenvalue weighted by atomic mass is 16.5. The number of likely N-dealkylation sites (tertiary alicyclic amines) is 1. The minimum absolute atomic E-state index is 0.0586. The number of aromatic amines is 1. The van der Waals surface area contributed by atoms with Gasteiger partial charge < -0.3 is 25.8 Å². The summed E-state index contributed by atoms with van der Waals surface area (Å²) in [5, 5.41) is 13.6. The first-order chi connectivity index (χ1) is 14.9. The molecule has 2 saturated heterocycles. The van der Waals surface area contributed by atoms with E-state index in [1.165, 1.54) is 23.8 Å². The SMILES string of the molecule is CC(=O)N[C@H](CC(N)=O)C(=O)N1CCC2(CC1)C[C@](C)(O)[C@@H](n1ccc(=O)[nH]c1=O)CO2. The third-order valence-electron chi connectivity index (χ3n) is 6.20. The molecule has 0 radical (unpaired) electrons. The Morgan fingerprint density at radius 3 is 2.53 bits per heavy atom. The molecule has 0 bridgehead atoms. The molecule has 1 spiro atoms. The third kappa shape index (κ3) is 5.07. The third-order valence-corrected chi connectivity index (χ3v) is 6.20. The summed E-state index contributed by atoms with van der Waals surface area (Å²) in [5.74, 6) is -1.52. The summed E-state index contributed by atoms with van der Waals surface area (Å²) >= 11 is 0. The first-order valence-corrected chi connectivity index (χ1v) is 10.4. The van der Waals surface area contributed by atoms with Gasteiger partial charge in [-0.25, -0.2) is 4.79 Å². The summed E-state index contributed by atoms with van der Waals surface area (Å²) in [7, 11) is 0. The lowest BCUT2D eigenvalue weighted by Crippen LogP contribution is -2.60. The van der Waals surface area contributed by atoms with Gasteiger partial charge in [0.05, 0.1) is 30.3 Å². The molecule has 2 fully saturated rings. The summed E-state index contributed by atoms with van der Waals surface area (Å²) in [4.78, 5) is 62.7. The van der Waals surface area contributed by atoms with E-state index in [1.807, 2.05) is 0 Å². The molecule has 3 heterocycles. The first-order valence-electron chi connectivity index (χ1n) is 10.4. The van der Waals surface area contributed by atoms with Crippen molar-refractivity contribution in [3.63, 3.8) is 0 Å². The normalized spacial score (nSPS) is 25.8. The van der Waals surface area contributed by atoms with E-state index in [9.17, 15) is 29.1 Å². The van der Waals surface area contributed by atoms with Crippen molar-refractivity contribution < 1.29 is 24.2 Å². The van der Waals surface area contributed by atoms with Crippen LogP contribution in [-0.2, 0) is 19.1 Å². The number of amides is 3. The molecule has 0 aliphatic carbocycles. The smallest absolute Gasteiger partial charge is 0.328 e. The molecular formula is C20H29N5O7. The molecular weight excluding hydrogens is 422 g/mol. The molecule has 2 aliphatic heterocycles. The van der Waals surface area contributed by atoms with Gasteiger partial charge in [-0.2, -0.15) is 0 Å². The predicted octanol–water partition coefficient (Wildman–Crippen LogP) is -2.01. The van der Waals surface area contributed by atoms with Gasteiger partial charge in [-0.15, -0.1) is 0 Å². The second-order valence-corrected chi connectivity index (χ2v) is 8.81. The lowest BCUT2D eigenvalue weighted by Gasteiger charge is -2.51. The number of H-pyrrole nitrogens is 1. The number of aliphatic hydroxyl groups is 1. The zero-order valence-corrected chi connectivity index (χ0v) is 18.1. The number of carbonyl (C=O) groups is 3. The molecule has 12 nitrogen and oxygen atoms in total. The Morgan fingerprint density at radius 2 is 2.00 bits per heavy atom. The summed E-state index contributed by atoms with van der Waals surface area (Å²) in [6.07, 6.45) is 2.15. The van der Waals surface area contributed by atoms with Gasteiger partial charge in [-0.3, -0.25) is 28.7 Å². The van der Waals surface area contributed by atoms with Gasteiger partial charge in [0, 0.05) is 38.7 Å². The van der Waals surface area contributed by atoms with Crippen LogP contribution in [0.4, 0.5) is 0 Å². The van der Waals surface area contributed by atoms with E-state index in [0.29, 0.717) is 25.9 Å². The number of piperidine rings is 1. The Morgan fingerprint density at radius 1 is 1.34 bits per heavy atom. The standard InChI is InChI=1S/C20H29N5O7/c1-12(26)22-13(9-15(21)27)17(29)24-7-4-20(5-8-24)11-19(2,31)14(10-32-20)25-6-3-16(28)23-18(25)30/h3,6,13-14,31H,4-5,7-11H2,1-2H3,(H2,21,27)(H,22,26)(H,23,28,30)/t13-,14+,19+/m1/s1. The average Bonchev–Trinajstić information content (AvgIpc) is 2.67. The van der Waals surface area contributed by atoms with Crippen molar-refractivity contribution in [2.75, 3.05) is 19.7 Å². The van der Waals surface area contributed by atoms with E-state index in [1.54, 1.807) is 11.8 Å². The molecule has 1 aromatic rings. The number of carbonyl (C=O) groups excluding carboxylic acids is 3. The van der Waals surface area contributed by atoms with Crippen LogP contribution in [0, 0.1) is 0 Å². The number of nitrogens with two attached hydrogens (primary N) is 1. The summed E-state index contributed by atoms with van der Waals surface area (Å²) in [6.45, 7) is 3.56. The molecule has 3 amide bonds. The van der Waals surface area contributed by atoms with Gasteiger partial charge in [0.15, 0.2) is 0 Å². The molecule has 3 atom stereocenters. The van der Waals surface area contributed by atoms with Gasteiger partial charge in [0.25, 0.3) is 5.56 Å². The molecule has 0 unspecified atom stereocenters. The van der Waals surface area contributed by atoms with Crippen LogP contribution in [0.3, 0.4) is 0 Å². The van der Waals surface area contributed by atoms with Crippen LogP contribution in [0.1, 0.15) is 45.6 Å². The fourth-order valence-corrected chi connectivity index (χ4v) is 4.63. The molecule has 0 saturated carbocycles. The number of nitrogens with one attached hydrogen (secondary N) is 2.